The van der Waals surface area contributed by atoms with E-state index in [1.54, 1.807) is 25.6 Å². The molecule has 7 nitrogen and oxygen atoms in total. The fourth-order valence-corrected chi connectivity index (χ4v) is 4.77. The molecule has 190 valence electrons. The topological polar surface area (TPSA) is 84.6 Å². The van der Waals surface area contributed by atoms with Gasteiger partial charge in [-0.3, -0.25) is 14.7 Å². The molecule has 0 atom stereocenters. The Hall–Kier alpha value is -3.89. The smallest absolute Gasteiger partial charge is 0.257 e. The number of hydrogen-bond donors (Lipinski definition) is 1. The molecule has 3 aromatic rings. The van der Waals surface area contributed by atoms with Crippen LogP contribution in [-0.2, 0) is 6.42 Å². The third-order valence-corrected chi connectivity index (χ3v) is 7.10. The molecule has 2 aromatic heterocycles. The number of nitrogens with two attached hydrogens (primary N) is 1. The molecule has 37 heavy (non-hydrogen) atoms. The van der Waals surface area contributed by atoms with Crippen LogP contribution in [-0.4, -0.2) is 65.5 Å². The molecule has 0 spiro atoms. The lowest BCUT2D eigenvalue weighted by Crippen LogP contribution is -2.49. The molecular weight excluding hydrogens is 462 g/mol. The highest BCUT2D eigenvalue weighted by Gasteiger charge is 2.29. The highest BCUT2D eigenvalue weighted by atomic mass is 16.5. The van der Waals surface area contributed by atoms with Crippen LogP contribution in [0, 0.1) is 17.8 Å². The maximum Gasteiger partial charge on any atom is 0.257 e. The zero-order chi connectivity index (χ0) is 25.8. The lowest BCUT2D eigenvalue weighted by Gasteiger charge is -2.35. The summed E-state index contributed by atoms with van der Waals surface area (Å²) in [6.45, 7) is 6.61. The van der Waals surface area contributed by atoms with Gasteiger partial charge in [-0.05, 0) is 61.1 Å². The minimum Gasteiger partial charge on any atom is -0.496 e. The van der Waals surface area contributed by atoms with Crippen LogP contribution in [0.4, 0.5) is 5.82 Å². The number of aromatic nitrogens is 2. The number of pyridine rings is 2. The van der Waals surface area contributed by atoms with Gasteiger partial charge in [0.15, 0.2) is 0 Å². The summed E-state index contributed by atoms with van der Waals surface area (Å²) in [5, 5.41) is 0. The standard InChI is InChI=1S/C30H33N5O2/c1-3-27-25(9-6-21-7-11-29(31)33-19-21)24(12-13-32-27)23-8-10-26(28(18-23)37-2)30(36)35-16-14-34(15-17-35)20-22-4-5-22/h7-8,10-13,18-19,22H,3-5,14-17,20H2,1-2H3,(H2,31,33). The van der Waals surface area contributed by atoms with E-state index in [2.05, 4.69) is 33.6 Å². The lowest BCUT2D eigenvalue weighted by atomic mass is 9.96. The Morgan fingerprint density at radius 2 is 1.89 bits per heavy atom. The maximum atomic E-state index is 13.4. The number of aryl methyl sites for hydroxylation is 1. The minimum absolute atomic E-state index is 0.0225. The predicted octanol–water partition coefficient (Wildman–Crippen LogP) is 3.86. The van der Waals surface area contributed by atoms with E-state index in [4.69, 9.17) is 10.5 Å². The quantitative estimate of drug-likeness (QED) is 0.523. The van der Waals surface area contributed by atoms with Crippen molar-refractivity contribution in [3.63, 3.8) is 0 Å². The summed E-state index contributed by atoms with van der Waals surface area (Å²) >= 11 is 0. The molecule has 1 saturated carbocycles. The number of piperazine rings is 1. The number of ether oxygens (including phenoxy) is 1. The van der Waals surface area contributed by atoms with Gasteiger partial charge >= 0.3 is 0 Å². The van der Waals surface area contributed by atoms with Crippen molar-refractivity contribution in [1.29, 1.82) is 0 Å². The number of amides is 1. The maximum absolute atomic E-state index is 13.4. The molecule has 2 N–H and O–H groups in total. The number of rotatable bonds is 6. The van der Waals surface area contributed by atoms with Crippen LogP contribution in [0.3, 0.4) is 0 Å². The Kier molecular flexibility index (Phi) is 7.38. The molecule has 1 amide bonds. The molecule has 1 saturated heterocycles. The van der Waals surface area contributed by atoms with E-state index in [0.717, 1.165) is 66.5 Å². The fourth-order valence-electron chi connectivity index (χ4n) is 4.77. The van der Waals surface area contributed by atoms with E-state index in [9.17, 15) is 4.79 Å². The van der Waals surface area contributed by atoms with Crippen molar-refractivity contribution in [3.8, 4) is 28.7 Å². The average molecular weight is 496 g/mol. The molecule has 1 aliphatic carbocycles. The summed E-state index contributed by atoms with van der Waals surface area (Å²) < 4.78 is 5.71. The van der Waals surface area contributed by atoms with Gasteiger partial charge in [0.05, 0.1) is 23.9 Å². The molecule has 0 unspecified atom stereocenters. The van der Waals surface area contributed by atoms with E-state index in [1.807, 2.05) is 35.2 Å². The lowest BCUT2D eigenvalue weighted by molar-refractivity contribution is 0.0629. The van der Waals surface area contributed by atoms with E-state index in [1.165, 1.54) is 19.4 Å². The SMILES string of the molecule is CCc1nccc(-c2ccc(C(=O)N3CCN(CC4CC4)CC3)c(OC)c2)c1C#Cc1ccc(N)nc1. The largest absolute Gasteiger partial charge is 0.496 e. The number of carbonyl (C=O) groups is 1. The van der Waals surface area contributed by atoms with Gasteiger partial charge < -0.3 is 15.4 Å². The second kappa shape index (κ2) is 11.0. The van der Waals surface area contributed by atoms with Crippen LogP contribution in [0.25, 0.3) is 11.1 Å². The summed E-state index contributed by atoms with van der Waals surface area (Å²) in [5.74, 6) is 8.41. The summed E-state index contributed by atoms with van der Waals surface area (Å²) in [6.07, 6.45) is 6.92. The molecule has 0 bridgehead atoms. The van der Waals surface area contributed by atoms with Crippen LogP contribution < -0.4 is 10.5 Å². The number of benzene rings is 1. The van der Waals surface area contributed by atoms with Gasteiger partial charge in [0, 0.05) is 56.2 Å². The van der Waals surface area contributed by atoms with Crippen LogP contribution in [0.1, 0.15) is 46.9 Å². The summed E-state index contributed by atoms with van der Waals surface area (Å²) in [7, 11) is 1.61. The van der Waals surface area contributed by atoms with Crippen LogP contribution in [0.2, 0.25) is 0 Å². The van der Waals surface area contributed by atoms with Crippen LogP contribution in [0.5, 0.6) is 5.75 Å². The van der Waals surface area contributed by atoms with Crippen molar-refractivity contribution in [3.05, 3.63) is 71.2 Å². The number of carbonyl (C=O) groups excluding carboxylic acids is 1. The zero-order valence-electron chi connectivity index (χ0n) is 21.5. The van der Waals surface area contributed by atoms with E-state index in [0.29, 0.717) is 17.1 Å². The van der Waals surface area contributed by atoms with Crippen LogP contribution >= 0.6 is 0 Å². The highest BCUT2D eigenvalue weighted by molar-refractivity contribution is 5.98. The molecule has 1 aromatic carbocycles. The van der Waals surface area contributed by atoms with Gasteiger partial charge in [-0.15, -0.1) is 0 Å². The van der Waals surface area contributed by atoms with Gasteiger partial charge in [-0.2, -0.15) is 0 Å². The molecule has 1 aliphatic heterocycles. The van der Waals surface area contributed by atoms with E-state index < -0.39 is 0 Å². The Morgan fingerprint density at radius 1 is 1.08 bits per heavy atom. The molecule has 5 rings (SSSR count). The first-order valence-corrected chi connectivity index (χ1v) is 13.0. The summed E-state index contributed by atoms with van der Waals surface area (Å²) in [5.41, 5.74) is 10.7. The van der Waals surface area contributed by atoms with Gasteiger partial charge in [0.25, 0.3) is 5.91 Å². The van der Waals surface area contributed by atoms with E-state index >= 15 is 0 Å². The van der Waals surface area contributed by atoms with Crippen molar-refractivity contribution < 1.29 is 9.53 Å². The molecule has 7 heteroatoms. The van der Waals surface area contributed by atoms with E-state index in [-0.39, 0.29) is 5.91 Å². The van der Waals surface area contributed by atoms with Crippen molar-refractivity contribution >= 4 is 11.7 Å². The Morgan fingerprint density at radius 3 is 2.57 bits per heavy atom. The minimum atomic E-state index is 0.0225. The number of anilines is 1. The van der Waals surface area contributed by atoms with Crippen molar-refractivity contribution in [2.75, 3.05) is 45.6 Å². The second-order valence-electron chi connectivity index (χ2n) is 9.71. The van der Waals surface area contributed by atoms with Gasteiger partial charge in [-0.25, -0.2) is 4.98 Å². The number of nitrogens with zero attached hydrogens (tertiary/aromatic N) is 4. The molecule has 0 radical (unpaired) electrons. The monoisotopic (exact) mass is 495 g/mol. The Bertz CT molecular complexity index is 1330. The molecule has 3 heterocycles. The first-order valence-electron chi connectivity index (χ1n) is 13.0. The third kappa shape index (κ3) is 5.76. The normalized spacial score (nSPS) is 15.7. The average Bonchev–Trinajstić information content (AvgIpc) is 3.76. The predicted molar refractivity (Wildman–Crippen MR) is 145 cm³/mol. The van der Waals surface area contributed by atoms with Crippen molar-refractivity contribution in [1.82, 2.24) is 19.8 Å². The number of hydrogen-bond acceptors (Lipinski definition) is 6. The summed E-state index contributed by atoms with van der Waals surface area (Å²) in [6, 6.07) is 11.3. The number of methoxy groups -OCH3 is 1. The van der Waals surface area contributed by atoms with Crippen molar-refractivity contribution in [2.24, 2.45) is 5.92 Å². The Labute approximate surface area is 218 Å². The molecule has 2 aliphatic rings. The number of nitrogen functional groups attached to an aromatic ring is 1. The van der Waals surface area contributed by atoms with Crippen LogP contribution in [0.15, 0.2) is 48.8 Å². The Balaban J connectivity index is 1.40. The highest BCUT2D eigenvalue weighted by Crippen LogP contribution is 2.32. The molecule has 2 fully saturated rings. The van der Waals surface area contributed by atoms with Gasteiger partial charge in [0.2, 0.25) is 0 Å². The first-order chi connectivity index (χ1) is 18.1. The summed E-state index contributed by atoms with van der Waals surface area (Å²) in [4.78, 5) is 26.5. The third-order valence-electron chi connectivity index (χ3n) is 7.10. The fraction of sp³-hybridized carbons (Fsp3) is 0.367. The van der Waals surface area contributed by atoms with Crippen molar-refractivity contribution in [2.45, 2.75) is 26.2 Å². The molecular formula is C30H33N5O2. The van der Waals surface area contributed by atoms with Gasteiger partial charge in [-0.1, -0.05) is 24.8 Å². The first kappa shape index (κ1) is 24.8. The second-order valence-corrected chi connectivity index (χ2v) is 9.71. The van der Waals surface area contributed by atoms with Gasteiger partial charge in [0.1, 0.15) is 11.6 Å². The zero-order valence-corrected chi connectivity index (χ0v) is 21.5.